The van der Waals surface area contributed by atoms with Crippen molar-refractivity contribution in [3.05, 3.63) is 0 Å². The van der Waals surface area contributed by atoms with Gasteiger partial charge in [-0.05, 0) is 48.9 Å². The van der Waals surface area contributed by atoms with E-state index < -0.39 is 59.0 Å². The first-order valence-electron chi connectivity index (χ1n) is 16.8. The van der Waals surface area contributed by atoms with Gasteiger partial charge in [0.15, 0.2) is 0 Å². The summed E-state index contributed by atoms with van der Waals surface area (Å²) in [7, 11) is 0. The molecule has 0 radical (unpaired) electrons. The highest BCUT2D eigenvalue weighted by atomic mass is 16.5. The monoisotopic (exact) mass is 635 g/mol. The predicted octanol–water partition coefficient (Wildman–Crippen LogP) is 3.21. The van der Waals surface area contributed by atoms with Crippen LogP contribution < -0.4 is 21.7 Å². The number of carbonyl (C=O) groups excluding carboxylic acids is 6. The Hall–Kier alpha value is -3.18. The molecule has 0 aromatic heterocycles. The highest BCUT2D eigenvalue weighted by molar-refractivity contribution is 6.37. The van der Waals surface area contributed by atoms with Crippen LogP contribution in [0, 0.1) is 23.2 Å². The highest BCUT2D eigenvalue weighted by Crippen LogP contribution is 2.34. The maximum absolute atomic E-state index is 13.7. The summed E-state index contributed by atoms with van der Waals surface area (Å²) in [4.78, 5) is 76.8. The Labute approximate surface area is 268 Å². The summed E-state index contributed by atoms with van der Waals surface area (Å²) in [5.41, 5.74) is 4.48. The first kappa shape index (κ1) is 38.0. The number of ketones is 1. The van der Waals surface area contributed by atoms with Crippen LogP contribution in [0.5, 0.6) is 0 Å². The Morgan fingerprint density at radius 1 is 0.889 bits per heavy atom. The average molecular weight is 636 g/mol. The number of nitrogens with zero attached hydrogens (tertiary/aromatic N) is 1. The number of amides is 5. The number of carbonyl (C=O) groups is 6. The molecular formula is C33H57N5O7. The highest BCUT2D eigenvalue weighted by Gasteiger charge is 2.46. The molecule has 4 fully saturated rings. The first-order valence-corrected chi connectivity index (χ1v) is 16.8. The molecule has 12 nitrogen and oxygen atoms in total. The summed E-state index contributed by atoms with van der Waals surface area (Å²) in [6.07, 6.45) is 12.0. The molecule has 4 aliphatic rings. The molecule has 3 aliphatic carbocycles. The van der Waals surface area contributed by atoms with E-state index in [0.717, 1.165) is 25.7 Å². The zero-order valence-electron chi connectivity index (χ0n) is 28.2. The third kappa shape index (κ3) is 13.4. The van der Waals surface area contributed by atoms with Gasteiger partial charge in [-0.2, -0.15) is 0 Å². The van der Waals surface area contributed by atoms with Gasteiger partial charge in [-0.1, -0.05) is 86.5 Å². The van der Waals surface area contributed by atoms with Crippen LogP contribution in [-0.4, -0.2) is 78.2 Å². The van der Waals surface area contributed by atoms with Crippen molar-refractivity contribution in [3.63, 3.8) is 0 Å². The SMILES string of the molecule is C1CCC1.CC1CCN(C(=O)C(NC(=O)NCC(=O)OCC2CC2)C(C)(C)C)[C@@H]1C(=O)NC(CC1CC1)C(=O)C(N)=O.CCC. The van der Waals surface area contributed by atoms with E-state index in [2.05, 4.69) is 29.8 Å². The molecule has 12 heteroatoms. The maximum atomic E-state index is 13.7. The van der Waals surface area contributed by atoms with Crippen LogP contribution >= 0.6 is 0 Å². The van der Waals surface area contributed by atoms with Crippen molar-refractivity contribution in [3.8, 4) is 0 Å². The number of Topliss-reactive ketones (excluding diaryl/α,β-unsaturated/α-hetero) is 1. The second-order valence-corrected chi connectivity index (χ2v) is 14.1. The standard InChI is InChI=1S/C26H41N5O7.C4H8.C3H8/c1-14-9-10-31(19(14)23(35)29-17(11-15-5-6-15)20(33)22(27)34)24(36)21(26(2,3)4)30-25(37)28-12-18(32)38-13-16-7-8-16;1-2-4-3-1;1-3-2/h14-17,19,21H,5-13H2,1-4H3,(H2,27,34)(H,29,35)(H2,28,30,37);1-4H2;3H2,1-2H3/t14?,17?,19-,21?;;/m0../s1. The minimum Gasteiger partial charge on any atom is -0.464 e. The summed E-state index contributed by atoms with van der Waals surface area (Å²) in [6.45, 7) is 11.7. The van der Waals surface area contributed by atoms with E-state index in [-0.39, 0.29) is 18.4 Å². The van der Waals surface area contributed by atoms with Gasteiger partial charge in [-0.3, -0.25) is 24.0 Å². The Balaban J connectivity index is 0.000000898. The second-order valence-electron chi connectivity index (χ2n) is 14.1. The summed E-state index contributed by atoms with van der Waals surface area (Å²) in [5.74, 6) is -3.05. The predicted molar refractivity (Wildman–Crippen MR) is 171 cm³/mol. The van der Waals surface area contributed by atoms with Crippen LogP contribution in [0.2, 0.25) is 0 Å². The minimum atomic E-state index is -1.11. The van der Waals surface area contributed by atoms with Gasteiger partial charge in [0.25, 0.3) is 5.91 Å². The van der Waals surface area contributed by atoms with Gasteiger partial charge in [-0.15, -0.1) is 0 Å². The molecule has 3 unspecified atom stereocenters. The lowest BCUT2D eigenvalue weighted by Gasteiger charge is -2.36. The molecule has 5 amide bonds. The molecule has 0 spiro atoms. The number of ether oxygens (including phenoxy) is 1. The molecule has 1 saturated heterocycles. The van der Waals surface area contributed by atoms with E-state index >= 15 is 0 Å². The summed E-state index contributed by atoms with van der Waals surface area (Å²) in [5, 5.41) is 7.76. The van der Waals surface area contributed by atoms with Crippen molar-refractivity contribution in [1.82, 2.24) is 20.9 Å². The molecule has 4 rings (SSSR count). The number of urea groups is 1. The van der Waals surface area contributed by atoms with Crippen LogP contribution in [0.1, 0.15) is 112 Å². The van der Waals surface area contributed by atoms with Crippen LogP contribution in [0.3, 0.4) is 0 Å². The average Bonchev–Trinajstić information content (AvgIpc) is 3.86. The maximum Gasteiger partial charge on any atom is 0.325 e. The smallest absolute Gasteiger partial charge is 0.325 e. The topological polar surface area (TPSA) is 177 Å². The van der Waals surface area contributed by atoms with Crippen molar-refractivity contribution < 1.29 is 33.5 Å². The lowest BCUT2D eigenvalue weighted by Crippen LogP contribution is -2.60. The quantitative estimate of drug-likeness (QED) is 0.188. The number of rotatable bonds is 12. The lowest BCUT2D eigenvalue weighted by molar-refractivity contribution is -0.144. The molecule has 5 N–H and O–H groups in total. The fraction of sp³-hybridized carbons (Fsp3) is 0.818. The molecular weight excluding hydrogens is 578 g/mol. The largest absolute Gasteiger partial charge is 0.464 e. The molecule has 1 aliphatic heterocycles. The Morgan fingerprint density at radius 2 is 1.44 bits per heavy atom. The number of likely N-dealkylation sites (tertiary alicyclic amines) is 1. The van der Waals surface area contributed by atoms with E-state index in [1.165, 1.54) is 37.0 Å². The normalized spacial score (nSPS) is 21.7. The van der Waals surface area contributed by atoms with E-state index in [1.807, 2.05) is 6.92 Å². The van der Waals surface area contributed by atoms with E-state index in [0.29, 0.717) is 31.9 Å². The van der Waals surface area contributed by atoms with Crippen LogP contribution in [-0.2, 0) is 28.7 Å². The number of esters is 1. The van der Waals surface area contributed by atoms with Crippen molar-refractivity contribution in [2.45, 2.75) is 130 Å². The number of hydrogen-bond donors (Lipinski definition) is 4. The van der Waals surface area contributed by atoms with E-state index in [4.69, 9.17) is 10.5 Å². The first-order chi connectivity index (χ1) is 21.2. The van der Waals surface area contributed by atoms with Gasteiger partial charge in [0, 0.05) is 6.54 Å². The van der Waals surface area contributed by atoms with Crippen LogP contribution in [0.4, 0.5) is 4.79 Å². The summed E-state index contributed by atoms with van der Waals surface area (Å²) in [6, 6.07) is -3.61. The molecule has 3 saturated carbocycles. The number of primary amides is 1. The van der Waals surface area contributed by atoms with Crippen molar-refractivity contribution in [2.24, 2.45) is 28.9 Å². The van der Waals surface area contributed by atoms with Gasteiger partial charge in [0.2, 0.25) is 17.6 Å². The fourth-order valence-electron chi connectivity index (χ4n) is 4.89. The molecule has 1 heterocycles. The Bertz CT molecular complexity index is 1030. The fourth-order valence-corrected chi connectivity index (χ4v) is 4.89. The third-order valence-electron chi connectivity index (χ3n) is 8.35. The summed E-state index contributed by atoms with van der Waals surface area (Å²) < 4.78 is 5.11. The second kappa shape index (κ2) is 18.1. The molecule has 45 heavy (non-hydrogen) atoms. The Kier molecular flexibility index (Phi) is 15.3. The van der Waals surface area contributed by atoms with Crippen molar-refractivity contribution >= 4 is 35.5 Å². The number of hydrogen-bond acceptors (Lipinski definition) is 7. The molecule has 0 aromatic rings. The van der Waals surface area contributed by atoms with E-state index in [9.17, 15) is 28.8 Å². The zero-order chi connectivity index (χ0) is 33.7. The Morgan fingerprint density at radius 3 is 1.91 bits per heavy atom. The number of nitrogens with one attached hydrogen (secondary N) is 3. The molecule has 0 aromatic carbocycles. The van der Waals surface area contributed by atoms with Crippen LogP contribution in [0.15, 0.2) is 0 Å². The van der Waals surface area contributed by atoms with Gasteiger partial charge in [0.05, 0.1) is 12.6 Å². The molecule has 0 bridgehead atoms. The molecule has 256 valence electrons. The zero-order valence-corrected chi connectivity index (χ0v) is 28.2. The third-order valence-corrected chi connectivity index (χ3v) is 8.35. The van der Waals surface area contributed by atoms with Gasteiger partial charge < -0.3 is 31.3 Å². The van der Waals surface area contributed by atoms with Gasteiger partial charge >= 0.3 is 12.0 Å². The lowest BCUT2D eigenvalue weighted by atomic mass is 9.85. The van der Waals surface area contributed by atoms with Crippen molar-refractivity contribution in [1.29, 1.82) is 0 Å². The number of nitrogens with two attached hydrogens (primary N) is 1. The minimum absolute atomic E-state index is 0.208. The van der Waals surface area contributed by atoms with Crippen molar-refractivity contribution in [2.75, 3.05) is 19.7 Å². The van der Waals surface area contributed by atoms with Gasteiger partial charge in [0.1, 0.15) is 18.6 Å². The van der Waals surface area contributed by atoms with Crippen LogP contribution in [0.25, 0.3) is 0 Å². The summed E-state index contributed by atoms with van der Waals surface area (Å²) >= 11 is 0. The van der Waals surface area contributed by atoms with E-state index in [1.54, 1.807) is 20.8 Å². The molecule has 4 atom stereocenters. The van der Waals surface area contributed by atoms with Gasteiger partial charge in [-0.25, -0.2) is 4.79 Å².